The van der Waals surface area contributed by atoms with Gasteiger partial charge in [-0.15, -0.1) is 0 Å². The van der Waals surface area contributed by atoms with E-state index in [0.29, 0.717) is 12.6 Å². The summed E-state index contributed by atoms with van der Waals surface area (Å²) >= 11 is 0. The molecule has 1 aromatic heterocycles. The first-order chi connectivity index (χ1) is 12.1. The van der Waals surface area contributed by atoms with Gasteiger partial charge >= 0.3 is 0 Å². The van der Waals surface area contributed by atoms with E-state index >= 15 is 0 Å². The van der Waals surface area contributed by atoms with Gasteiger partial charge in [-0.25, -0.2) is 9.37 Å². The lowest BCUT2D eigenvalue weighted by molar-refractivity contribution is 0.0923. The number of piperidine rings is 1. The van der Waals surface area contributed by atoms with Crippen LogP contribution in [-0.2, 0) is 6.61 Å². The van der Waals surface area contributed by atoms with Gasteiger partial charge in [0.1, 0.15) is 6.26 Å². The quantitative estimate of drug-likeness (QED) is 0.870. The molecule has 1 aromatic carbocycles. The largest absolute Gasteiger partial charge is 0.481 e. The summed E-state index contributed by atoms with van der Waals surface area (Å²) in [7, 11) is 2.07. The lowest BCUT2D eigenvalue weighted by Crippen LogP contribution is -2.44. The zero-order chi connectivity index (χ0) is 17.6. The second-order valence-electron chi connectivity index (χ2n) is 6.19. The first-order valence-corrected chi connectivity index (χ1v) is 8.43. The Bertz CT molecular complexity index is 719. The number of halogens is 1. The highest BCUT2D eigenvalue weighted by Gasteiger charge is 2.20. The smallest absolute Gasteiger partial charge is 0.273 e. The number of hydrogen-bond donors (Lipinski definition) is 1. The summed E-state index contributed by atoms with van der Waals surface area (Å²) < 4.78 is 24.0. The van der Waals surface area contributed by atoms with Crippen molar-refractivity contribution >= 4 is 5.91 Å². The van der Waals surface area contributed by atoms with Crippen molar-refractivity contribution in [2.24, 2.45) is 0 Å². The number of nitrogens with zero attached hydrogens (tertiary/aromatic N) is 2. The number of para-hydroxylation sites is 1. The van der Waals surface area contributed by atoms with E-state index in [-0.39, 0.29) is 29.8 Å². The molecule has 1 N–H and O–H groups in total. The maximum absolute atomic E-state index is 13.5. The number of carbonyl (C=O) groups is 1. The van der Waals surface area contributed by atoms with Crippen LogP contribution in [-0.4, -0.2) is 42.0 Å². The predicted molar refractivity (Wildman–Crippen MR) is 89.8 cm³/mol. The molecule has 1 aliphatic rings. The number of likely N-dealkylation sites (tertiary alicyclic amines) is 1. The Labute approximate surface area is 146 Å². The van der Waals surface area contributed by atoms with Gasteiger partial charge in [-0.3, -0.25) is 4.79 Å². The van der Waals surface area contributed by atoms with E-state index in [4.69, 9.17) is 9.15 Å². The van der Waals surface area contributed by atoms with Gasteiger partial charge in [0.15, 0.2) is 23.9 Å². The molecule has 1 saturated heterocycles. The van der Waals surface area contributed by atoms with Crippen LogP contribution in [0.4, 0.5) is 4.39 Å². The second kappa shape index (κ2) is 8.11. The van der Waals surface area contributed by atoms with Crippen LogP contribution in [0.2, 0.25) is 0 Å². The molecule has 3 rings (SSSR count). The lowest BCUT2D eigenvalue weighted by Gasteiger charge is -2.32. The number of hydrogen-bond acceptors (Lipinski definition) is 5. The van der Waals surface area contributed by atoms with Crippen molar-refractivity contribution in [3.63, 3.8) is 0 Å². The van der Waals surface area contributed by atoms with Crippen molar-refractivity contribution in [1.82, 2.24) is 15.2 Å². The molecule has 1 aliphatic heterocycles. The van der Waals surface area contributed by atoms with Gasteiger partial charge in [0.2, 0.25) is 5.89 Å². The molecule has 0 unspecified atom stereocenters. The summed E-state index contributed by atoms with van der Waals surface area (Å²) in [5, 5.41) is 2.89. The summed E-state index contributed by atoms with van der Waals surface area (Å²) in [6.45, 7) is 1.60. The van der Waals surface area contributed by atoms with Crippen molar-refractivity contribution in [2.45, 2.75) is 31.9 Å². The molecule has 0 spiro atoms. The topological polar surface area (TPSA) is 67.6 Å². The minimum atomic E-state index is -0.455. The van der Waals surface area contributed by atoms with Crippen LogP contribution in [0.1, 0.15) is 35.6 Å². The Morgan fingerprint density at radius 1 is 1.44 bits per heavy atom. The number of benzene rings is 1. The van der Waals surface area contributed by atoms with E-state index in [1.165, 1.54) is 31.2 Å². The van der Waals surface area contributed by atoms with Gasteiger partial charge in [-0.2, -0.15) is 0 Å². The zero-order valence-electron chi connectivity index (χ0n) is 14.2. The monoisotopic (exact) mass is 347 g/mol. The maximum Gasteiger partial charge on any atom is 0.273 e. The molecule has 6 nitrogen and oxygen atoms in total. The van der Waals surface area contributed by atoms with Crippen LogP contribution in [0.3, 0.4) is 0 Å². The third-order valence-corrected chi connectivity index (χ3v) is 4.39. The van der Waals surface area contributed by atoms with Crippen molar-refractivity contribution in [2.75, 3.05) is 20.1 Å². The van der Waals surface area contributed by atoms with Gasteiger partial charge < -0.3 is 19.4 Å². The fourth-order valence-electron chi connectivity index (χ4n) is 2.89. The molecule has 2 aromatic rings. The summed E-state index contributed by atoms with van der Waals surface area (Å²) in [4.78, 5) is 18.5. The van der Waals surface area contributed by atoms with Gasteiger partial charge in [0.05, 0.1) is 0 Å². The first-order valence-electron chi connectivity index (χ1n) is 8.43. The highest BCUT2D eigenvalue weighted by atomic mass is 19.1. The molecule has 0 aliphatic carbocycles. The summed E-state index contributed by atoms with van der Waals surface area (Å²) in [6, 6.07) is 6.45. The molecule has 1 atom stereocenters. The number of amides is 1. The van der Waals surface area contributed by atoms with Crippen molar-refractivity contribution < 1.29 is 18.3 Å². The third kappa shape index (κ3) is 4.57. The van der Waals surface area contributed by atoms with E-state index in [0.717, 1.165) is 13.0 Å². The average molecular weight is 347 g/mol. The van der Waals surface area contributed by atoms with Crippen LogP contribution in [0.15, 0.2) is 34.9 Å². The summed E-state index contributed by atoms with van der Waals surface area (Å²) in [6.07, 6.45) is 4.76. The number of carbonyl (C=O) groups excluding carboxylic acids is 1. The highest BCUT2D eigenvalue weighted by Crippen LogP contribution is 2.17. The summed E-state index contributed by atoms with van der Waals surface area (Å²) in [5.41, 5.74) is 0.200. The molecule has 0 radical (unpaired) electrons. The molecular weight excluding hydrogens is 325 g/mol. The SMILES string of the molecule is CN1CCCC[C@@H]1CNC(=O)c1coc(COc2ccccc2F)n1. The van der Waals surface area contributed by atoms with Gasteiger partial charge in [-0.05, 0) is 38.6 Å². The molecule has 2 heterocycles. The molecule has 25 heavy (non-hydrogen) atoms. The van der Waals surface area contributed by atoms with Crippen molar-refractivity contribution in [1.29, 1.82) is 0 Å². The number of aromatic nitrogens is 1. The normalized spacial score (nSPS) is 18.1. The molecular formula is C18H22FN3O3. The predicted octanol–water partition coefficient (Wildman–Crippen LogP) is 2.61. The molecule has 1 fully saturated rings. The van der Waals surface area contributed by atoms with Gasteiger partial charge in [0, 0.05) is 12.6 Å². The summed E-state index contributed by atoms with van der Waals surface area (Å²) in [5.74, 6) is -0.390. The highest BCUT2D eigenvalue weighted by molar-refractivity contribution is 5.91. The van der Waals surface area contributed by atoms with Crippen LogP contribution in [0, 0.1) is 5.82 Å². The third-order valence-electron chi connectivity index (χ3n) is 4.39. The lowest BCUT2D eigenvalue weighted by atomic mass is 10.0. The molecule has 1 amide bonds. The van der Waals surface area contributed by atoms with Gasteiger partial charge in [-0.1, -0.05) is 18.6 Å². The average Bonchev–Trinajstić information content (AvgIpc) is 3.09. The minimum absolute atomic E-state index is 0.0421. The standard InChI is InChI=1S/C18H22FN3O3/c1-22-9-5-4-6-13(22)10-20-18(23)15-11-25-17(21-15)12-24-16-8-3-2-7-14(16)19/h2-3,7-8,11,13H,4-6,9-10,12H2,1H3,(H,20,23)/t13-/m1/s1. The molecule has 0 saturated carbocycles. The Morgan fingerprint density at radius 2 is 2.28 bits per heavy atom. The van der Waals surface area contributed by atoms with Gasteiger partial charge in [0.25, 0.3) is 5.91 Å². The first kappa shape index (κ1) is 17.4. The fourth-order valence-corrected chi connectivity index (χ4v) is 2.89. The molecule has 0 bridgehead atoms. The Morgan fingerprint density at radius 3 is 3.08 bits per heavy atom. The molecule has 7 heteroatoms. The van der Waals surface area contributed by atoms with Crippen molar-refractivity contribution in [3.05, 3.63) is 47.9 Å². The minimum Gasteiger partial charge on any atom is -0.481 e. The van der Waals surface area contributed by atoms with Crippen LogP contribution < -0.4 is 10.1 Å². The number of nitrogens with one attached hydrogen (secondary N) is 1. The maximum atomic E-state index is 13.5. The van der Waals surface area contributed by atoms with E-state index in [1.807, 2.05) is 0 Å². The van der Waals surface area contributed by atoms with E-state index in [9.17, 15) is 9.18 Å². The number of oxazole rings is 1. The Kier molecular flexibility index (Phi) is 5.65. The van der Waals surface area contributed by atoms with E-state index < -0.39 is 5.82 Å². The number of ether oxygens (including phenoxy) is 1. The van der Waals surface area contributed by atoms with Crippen LogP contribution in [0.25, 0.3) is 0 Å². The molecule has 134 valence electrons. The fraction of sp³-hybridized carbons (Fsp3) is 0.444. The second-order valence-corrected chi connectivity index (χ2v) is 6.19. The van der Waals surface area contributed by atoms with Crippen LogP contribution >= 0.6 is 0 Å². The Balaban J connectivity index is 1.50. The van der Waals surface area contributed by atoms with Crippen LogP contribution in [0.5, 0.6) is 5.75 Å². The number of rotatable bonds is 6. The number of likely N-dealkylation sites (N-methyl/N-ethyl adjacent to an activating group) is 1. The Hall–Kier alpha value is -2.41. The van der Waals surface area contributed by atoms with Crippen molar-refractivity contribution in [3.8, 4) is 5.75 Å². The van der Waals surface area contributed by atoms with E-state index in [1.54, 1.807) is 12.1 Å². The van der Waals surface area contributed by atoms with E-state index in [2.05, 4.69) is 22.2 Å². The zero-order valence-corrected chi connectivity index (χ0v) is 14.2.